The van der Waals surface area contributed by atoms with Crippen LogP contribution in [0.4, 0.5) is 4.79 Å². The summed E-state index contributed by atoms with van der Waals surface area (Å²) < 4.78 is 29.3. The van der Waals surface area contributed by atoms with E-state index >= 15 is 0 Å². The Kier molecular flexibility index (Phi) is 2.85. The van der Waals surface area contributed by atoms with Crippen LogP contribution < -0.4 is 0 Å². The number of carbonyl (C=O) groups excluding carboxylic acids is 1. The first-order valence-electron chi connectivity index (χ1n) is 5.54. The molecule has 0 aromatic heterocycles. The Hall–Kier alpha value is -1.56. The van der Waals surface area contributed by atoms with Crippen LogP contribution in [0.3, 0.4) is 0 Å². The van der Waals surface area contributed by atoms with Crippen molar-refractivity contribution in [3.05, 3.63) is 35.9 Å². The summed E-state index contributed by atoms with van der Waals surface area (Å²) in [5, 5.41) is -0.661. The second-order valence-electron chi connectivity index (χ2n) is 4.44. The Bertz CT molecular complexity index is 569. The molecule has 1 aliphatic rings. The van der Waals surface area contributed by atoms with Gasteiger partial charge in [0, 0.05) is 0 Å². The standard InChI is InChI=1S/C12H15NO4S/c1-9-12(2,10-7-5-4-6-8-10)13(11(14)17-3)18(9,15)16/h4-9H,1-3H3/t9-,12+/m1/s1. The third-order valence-corrected chi connectivity index (χ3v) is 6.00. The molecule has 1 fully saturated rings. The number of sulfonamides is 1. The number of methoxy groups -OCH3 is 1. The molecule has 1 aliphatic heterocycles. The first kappa shape index (κ1) is 12.9. The van der Waals surface area contributed by atoms with Crippen molar-refractivity contribution in [3.8, 4) is 0 Å². The summed E-state index contributed by atoms with van der Waals surface area (Å²) >= 11 is 0. The minimum atomic E-state index is -3.61. The molecule has 1 aromatic carbocycles. The number of amides is 1. The quantitative estimate of drug-likeness (QED) is 0.778. The van der Waals surface area contributed by atoms with E-state index in [4.69, 9.17) is 0 Å². The summed E-state index contributed by atoms with van der Waals surface area (Å²) in [4.78, 5) is 11.7. The van der Waals surface area contributed by atoms with Crippen molar-refractivity contribution in [2.24, 2.45) is 0 Å². The largest absolute Gasteiger partial charge is 0.452 e. The summed E-state index contributed by atoms with van der Waals surface area (Å²) in [7, 11) is -2.44. The average molecular weight is 269 g/mol. The number of nitrogens with zero attached hydrogens (tertiary/aromatic N) is 1. The zero-order valence-electron chi connectivity index (χ0n) is 10.5. The van der Waals surface area contributed by atoms with Gasteiger partial charge in [-0.25, -0.2) is 13.2 Å². The van der Waals surface area contributed by atoms with Crippen molar-refractivity contribution < 1.29 is 17.9 Å². The van der Waals surface area contributed by atoms with Gasteiger partial charge in [0.1, 0.15) is 10.8 Å². The van der Waals surface area contributed by atoms with Gasteiger partial charge in [-0.15, -0.1) is 0 Å². The van der Waals surface area contributed by atoms with Gasteiger partial charge in [0.05, 0.1) is 7.11 Å². The molecule has 1 amide bonds. The van der Waals surface area contributed by atoms with Crippen LogP contribution in [0, 0.1) is 0 Å². The first-order valence-corrected chi connectivity index (χ1v) is 7.05. The molecule has 0 bridgehead atoms. The molecular formula is C12H15NO4S. The zero-order chi connectivity index (χ0) is 13.6. The van der Waals surface area contributed by atoms with Crippen molar-refractivity contribution in [1.82, 2.24) is 4.31 Å². The third kappa shape index (κ3) is 1.45. The van der Waals surface area contributed by atoms with Gasteiger partial charge in [0.25, 0.3) is 0 Å². The van der Waals surface area contributed by atoms with Crippen molar-refractivity contribution >= 4 is 16.1 Å². The monoisotopic (exact) mass is 269 g/mol. The van der Waals surface area contributed by atoms with E-state index in [0.717, 1.165) is 9.87 Å². The highest BCUT2D eigenvalue weighted by Crippen LogP contribution is 2.47. The van der Waals surface area contributed by atoms with Gasteiger partial charge in [0.2, 0.25) is 10.0 Å². The Morgan fingerprint density at radius 1 is 1.33 bits per heavy atom. The van der Waals surface area contributed by atoms with Crippen LogP contribution in [-0.4, -0.2) is 31.2 Å². The molecule has 98 valence electrons. The van der Waals surface area contributed by atoms with Crippen LogP contribution >= 0.6 is 0 Å². The topological polar surface area (TPSA) is 63.7 Å². The Morgan fingerprint density at radius 2 is 1.89 bits per heavy atom. The number of benzene rings is 1. The van der Waals surface area contributed by atoms with Crippen molar-refractivity contribution in [2.75, 3.05) is 7.11 Å². The van der Waals surface area contributed by atoms with Gasteiger partial charge in [-0.05, 0) is 19.4 Å². The number of hydrogen-bond acceptors (Lipinski definition) is 4. The van der Waals surface area contributed by atoms with Crippen LogP contribution in [0.1, 0.15) is 19.4 Å². The fourth-order valence-corrected chi connectivity index (χ4v) is 4.38. The number of hydrogen-bond donors (Lipinski definition) is 0. The molecule has 0 N–H and O–H groups in total. The molecule has 6 heteroatoms. The van der Waals surface area contributed by atoms with E-state index in [1.54, 1.807) is 26.0 Å². The lowest BCUT2D eigenvalue weighted by molar-refractivity contribution is 0.0934. The van der Waals surface area contributed by atoms with E-state index in [9.17, 15) is 13.2 Å². The van der Waals surface area contributed by atoms with Crippen molar-refractivity contribution in [2.45, 2.75) is 24.6 Å². The predicted molar refractivity (Wildman–Crippen MR) is 66.4 cm³/mol. The summed E-state index contributed by atoms with van der Waals surface area (Å²) in [6.45, 7) is 3.33. The van der Waals surface area contributed by atoms with Gasteiger partial charge in [-0.1, -0.05) is 30.3 Å². The molecule has 5 nitrogen and oxygen atoms in total. The van der Waals surface area contributed by atoms with Gasteiger partial charge < -0.3 is 4.74 Å². The third-order valence-electron chi connectivity index (χ3n) is 3.61. The summed E-state index contributed by atoms with van der Waals surface area (Å²) in [5.41, 5.74) is -0.106. The van der Waals surface area contributed by atoms with Crippen LogP contribution in [0.2, 0.25) is 0 Å². The lowest BCUT2D eigenvalue weighted by Gasteiger charge is -2.53. The molecule has 0 radical (unpaired) electrons. The molecule has 2 atom stereocenters. The van der Waals surface area contributed by atoms with E-state index in [2.05, 4.69) is 4.74 Å². The van der Waals surface area contributed by atoms with E-state index in [0.29, 0.717) is 0 Å². The minimum absolute atomic E-state index is 0.661. The SMILES string of the molecule is COC(=O)N1[C@](C)(c2ccccc2)[C@@H](C)S1(=O)=O. The molecule has 1 heterocycles. The van der Waals surface area contributed by atoms with Crippen LogP contribution in [-0.2, 0) is 20.3 Å². The second-order valence-corrected chi connectivity index (χ2v) is 6.54. The van der Waals surface area contributed by atoms with Gasteiger partial charge >= 0.3 is 6.09 Å². The normalized spacial score (nSPS) is 29.5. The maximum Gasteiger partial charge on any atom is 0.424 e. The molecule has 1 saturated heterocycles. The zero-order valence-corrected chi connectivity index (χ0v) is 11.3. The molecule has 0 spiro atoms. The van der Waals surface area contributed by atoms with Crippen molar-refractivity contribution in [1.29, 1.82) is 0 Å². The summed E-state index contributed by atoms with van der Waals surface area (Å²) in [6.07, 6.45) is -0.848. The first-order chi connectivity index (χ1) is 8.36. The highest BCUT2D eigenvalue weighted by molar-refractivity contribution is 7.91. The van der Waals surface area contributed by atoms with E-state index in [-0.39, 0.29) is 0 Å². The Balaban J connectivity index is 2.53. The highest BCUT2D eigenvalue weighted by atomic mass is 32.2. The smallest absolute Gasteiger partial charge is 0.424 e. The molecule has 2 rings (SSSR count). The molecule has 0 saturated carbocycles. The lowest BCUT2D eigenvalue weighted by atomic mass is 9.88. The molecular weight excluding hydrogens is 254 g/mol. The average Bonchev–Trinajstić information content (AvgIpc) is 2.38. The fraction of sp³-hybridized carbons (Fsp3) is 0.417. The minimum Gasteiger partial charge on any atom is -0.452 e. The highest BCUT2D eigenvalue weighted by Gasteiger charge is 2.64. The van der Waals surface area contributed by atoms with E-state index < -0.39 is 26.9 Å². The van der Waals surface area contributed by atoms with Crippen LogP contribution in [0.25, 0.3) is 0 Å². The molecule has 0 unspecified atom stereocenters. The maximum absolute atomic E-state index is 12.0. The fourth-order valence-electron chi connectivity index (χ4n) is 2.33. The predicted octanol–water partition coefficient (Wildman–Crippen LogP) is 1.70. The summed E-state index contributed by atoms with van der Waals surface area (Å²) in [5.74, 6) is 0. The number of ether oxygens (including phenoxy) is 1. The van der Waals surface area contributed by atoms with Crippen LogP contribution in [0.5, 0.6) is 0 Å². The van der Waals surface area contributed by atoms with E-state index in [1.807, 2.05) is 18.2 Å². The van der Waals surface area contributed by atoms with Gasteiger partial charge in [-0.2, -0.15) is 4.31 Å². The molecule has 0 aliphatic carbocycles. The number of rotatable bonds is 1. The lowest BCUT2D eigenvalue weighted by Crippen LogP contribution is -2.70. The molecule has 18 heavy (non-hydrogen) atoms. The van der Waals surface area contributed by atoms with Gasteiger partial charge in [0.15, 0.2) is 0 Å². The Morgan fingerprint density at radius 3 is 2.39 bits per heavy atom. The van der Waals surface area contributed by atoms with Crippen molar-refractivity contribution in [3.63, 3.8) is 0 Å². The molecule has 1 aromatic rings. The van der Waals surface area contributed by atoms with E-state index in [1.165, 1.54) is 7.11 Å². The van der Waals surface area contributed by atoms with Crippen LogP contribution in [0.15, 0.2) is 30.3 Å². The maximum atomic E-state index is 12.0. The second kappa shape index (κ2) is 3.98. The number of carbonyl (C=O) groups is 1. The van der Waals surface area contributed by atoms with Gasteiger partial charge in [-0.3, -0.25) is 0 Å². The Labute approximate surface area is 106 Å². The summed E-state index contributed by atoms with van der Waals surface area (Å²) in [6, 6.07) is 9.08.